The SMILES string of the molecule is CCCC1=NN(c2ccccc2OC)C(=O)C1. The van der Waals surface area contributed by atoms with Crippen LogP contribution in [0.1, 0.15) is 26.2 Å². The van der Waals surface area contributed by atoms with Crippen molar-refractivity contribution in [2.24, 2.45) is 5.10 Å². The average molecular weight is 232 g/mol. The molecular weight excluding hydrogens is 216 g/mol. The van der Waals surface area contributed by atoms with Gasteiger partial charge in [-0.1, -0.05) is 25.5 Å². The van der Waals surface area contributed by atoms with Crippen molar-refractivity contribution in [3.05, 3.63) is 24.3 Å². The molecule has 1 aliphatic rings. The van der Waals surface area contributed by atoms with Gasteiger partial charge in [-0.05, 0) is 18.6 Å². The van der Waals surface area contributed by atoms with Crippen molar-refractivity contribution >= 4 is 17.3 Å². The number of carbonyl (C=O) groups excluding carboxylic acids is 1. The quantitative estimate of drug-likeness (QED) is 0.800. The lowest BCUT2D eigenvalue weighted by atomic mass is 10.2. The van der Waals surface area contributed by atoms with Crippen LogP contribution in [0.15, 0.2) is 29.4 Å². The first-order chi connectivity index (χ1) is 8.26. The van der Waals surface area contributed by atoms with E-state index >= 15 is 0 Å². The number of methoxy groups -OCH3 is 1. The number of hydrogen-bond donors (Lipinski definition) is 0. The highest BCUT2D eigenvalue weighted by molar-refractivity contribution is 6.13. The highest BCUT2D eigenvalue weighted by Crippen LogP contribution is 2.30. The third-order valence-corrected chi connectivity index (χ3v) is 2.68. The predicted octanol–water partition coefficient (Wildman–Crippen LogP) is 2.59. The first-order valence-corrected chi connectivity index (χ1v) is 5.78. The molecule has 0 spiro atoms. The highest BCUT2D eigenvalue weighted by atomic mass is 16.5. The van der Waals surface area contributed by atoms with Crippen molar-refractivity contribution in [3.63, 3.8) is 0 Å². The van der Waals surface area contributed by atoms with Crippen molar-refractivity contribution < 1.29 is 9.53 Å². The van der Waals surface area contributed by atoms with Crippen molar-refractivity contribution in [2.45, 2.75) is 26.2 Å². The topological polar surface area (TPSA) is 41.9 Å². The van der Waals surface area contributed by atoms with Gasteiger partial charge >= 0.3 is 0 Å². The molecule has 2 rings (SSSR count). The summed E-state index contributed by atoms with van der Waals surface area (Å²) in [5.41, 5.74) is 1.66. The zero-order valence-electron chi connectivity index (χ0n) is 10.1. The van der Waals surface area contributed by atoms with Crippen LogP contribution in [-0.2, 0) is 4.79 Å². The van der Waals surface area contributed by atoms with Gasteiger partial charge in [0.15, 0.2) is 0 Å². The Balaban J connectivity index is 2.30. The maximum absolute atomic E-state index is 11.9. The van der Waals surface area contributed by atoms with E-state index in [0.29, 0.717) is 17.9 Å². The molecule has 0 saturated carbocycles. The van der Waals surface area contributed by atoms with Crippen LogP contribution in [0.4, 0.5) is 5.69 Å². The Morgan fingerprint density at radius 1 is 1.41 bits per heavy atom. The number of anilines is 1. The van der Waals surface area contributed by atoms with Gasteiger partial charge in [-0.3, -0.25) is 4.79 Å². The molecule has 4 nitrogen and oxygen atoms in total. The molecule has 0 fully saturated rings. The molecule has 0 bridgehead atoms. The Morgan fingerprint density at radius 2 is 2.18 bits per heavy atom. The third-order valence-electron chi connectivity index (χ3n) is 2.68. The molecule has 4 heteroatoms. The highest BCUT2D eigenvalue weighted by Gasteiger charge is 2.26. The first kappa shape index (κ1) is 11.6. The van der Waals surface area contributed by atoms with E-state index in [1.165, 1.54) is 5.01 Å². The van der Waals surface area contributed by atoms with E-state index in [1.54, 1.807) is 7.11 Å². The number of hydrazone groups is 1. The molecule has 90 valence electrons. The normalized spacial score (nSPS) is 15.1. The van der Waals surface area contributed by atoms with Crippen LogP contribution < -0.4 is 9.75 Å². The first-order valence-electron chi connectivity index (χ1n) is 5.78. The summed E-state index contributed by atoms with van der Waals surface area (Å²) in [7, 11) is 1.59. The van der Waals surface area contributed by atoms with Gasteiger partial charge in [0.2, 0.25) is 0 Å². The Morgan fingerprint density at radius 3 is 2.88 bits per heavy atom. The molecular formula is C13H16N2O2. The van der Waals surface area contributed by atoms with Gasteiger partial charge in [-0.25, -0.2) is 0 Å². The van der Waals surface area contributed by atoms with E-state index < -0.39 is 0 Å². The van der Waals surface area contributed by atoms with Gasteiger partial charge in [-0.15, -0.1) is 0 Å². The standard InChI is InChI=1S/C13H16N2O2/c1-3-6-10-9-13(16)15(14-10)11-7-4-5-8-12(11)17-2/h4-5,7-8H,3,6,9H2,1-2H3. The fourth-order valence-electron chi connectivity index (χ4n) is 1.90. The minimum Gasteiger partial charge on any atom is -0.494 e. The van der Waals surface area contributed by atoms with Gasteiger partial charge < -0.3 is 4.74 Å². The minimum atomic E-state index is 0.0120. The summed E-state index contributed by atoms with van der Waals surface area (Å²) in [4.78, 5) is 11.9. The second kappa shape index (κ2) is 4.99. The van der Waals surface area contributed by atoms with E-state index in [2.05, 4.69) is 12.0 Å². The number of benzene rings is 1. The van der Waals surface area contributed by atoms with E-state index in [1.807, 2.05) is 24.3 Å². The lowest BCUT2D eigenvalue weighted by Gasteiger charge is -2.14. The summed E-state index contributed by atoms with van der Waals surface area (Å²) >= 11 is 0. The van der Waals surface area contributed by atoms with Gasteiger partial charge in [-0.2, -0.15) is 10.1 Å². The van der Waals surface area contributed by atoms with Gasteiger partial charge in [0, 0.05) is 5.71 Å². The molecule has 1 aromatic carbocycles. The number of ether oxygens (including phenoxy) is 1. The Hall–Kier alpha value is -1.84. The van der Waals surface area contributed by atoms with Crippen molar-refractivity contribution in [1.29, 1.82) is 0 Å². The number of carbonyl (C=O) groups is 1. The molecule has 0 aliphatic carbocycles. The lowest BCUT2D eigenvalue weighted by Crippen LogP contribution is -2.20. The van der Waals surface area contributed by atoms with Crippen LogP contribution in [0.2, 0.25) is 0 Å². The Bertz CT molecular complexity index is 454. The molecule has 1 aliphatic heterocycles. The van der Waals surface area contributed by atoms with E-state index in [4.69, 9.17) is 4.74 Å². The number of rotatable bonds is 4. The number of hydrogen-bond acceptors (Lipinski definition) is 3. The smallest absolute Gasteiger partial charge is 0.253 e. The fraction of sp³-hybridized carbons (Fsp3) is 0.385. The summed E-state index contributed by atoms with van der Waals surface area (Å²) in [6.07, 6.45) is 2.30. The second-order valence-electron chi connectivity index (χ2n) is 3.97. The second-order valence-corrected chi connectivity index (χ2v) is 3.97. The fourth-order valence-corrected chi connectivity index (χ4v) is 1.90. The minimum absolute atomic E-state index is 0.0120. The molecule has 0 saturated heterocycles. The number of nitrogens with zero attached hydrogens (tertiary/aromatic N) is 2. The number of para-hydroxylation sites is 2. The van der Waals surface area contributed by atoms with E-state index in [9.17, 15) is 4.79 Å². The van der Waals surface area contributed by atoms with Crippen LogP contribution in [-0.4, -0.2) is 18.7 Å². The maximum atomic E-state index is 11.9. The van der Waals surface area contributed by atoms with Crippen LogP contribution in [0.3, 0.4) is 0 Å². The monoisotopic (exact) mass is 232 g/mol. The molecule has 0 unspecified atom stereocenters. The molecule has 0 radical (unpaired) electrons. The molecule has 0 N–H and O–H groups in total. The van der Waals surface area contributed by atoms with Crippen molar-refractivity contribution in [3.8, 4) is 5.75 Å². The molecule has 1 amide bonds. The molecule has 1 aromatic rings. The summed E-state index contributed by atoms with van der Waals surface area (Å²) < 4.78 is 5.24. The number of amides is 1. The van der Waals surface area contributed by atoms with Crippen molar-refractivity contribution in [1.82, 2.24) is 0 Å². The Kier molecular flexibility index (Phi) is 3.42. The average Bonchev–Trinajstić information content (AvgIpc) is 2.70. The summed E-state index contributed by atoms with van der Waals surface area (Å²) in [5.74, 6) is 0.681. The van der Waals surface area contributed by atoms with Crippen LogP contribution >= 0.6 is 0 Å². The third kappa shape index (κ3) is 2.30. The maximum Gasteiger partial charge on any atom is 0.253 e. The molecule has 0 atom stereocenters. The zero-order chi connectivity index (χ0) is 12.3. The van der Waals surface area contributed by atoms with E-state index in [-0.39, 0.29) is 5.91 Å². The van der Waals surface area contributed by atoms with E-state index in [0.717, 1.165) is 18.6 Å². The van der Waals surface area contributed by atoms with Gasteiger partial charge in [0.05, 0.1) is 13.5 Å². The van der Waals surface area contributed by atoms with Gasteiger partial charge in [0.25, 0.3) is 5.91 Å². The largest absolute Gasteiger partial charge is 0.494 e. The van der Waals surface area contributed by atoms with Gasteiger partial charge in [0.1, 0.15) is 11.4 Å². The summed E-state index contributed by atoms with van der Waals surface area (Å²) in [6, 6.07) is 7.42. The Labute approximate surface area is 101 Å². The molecule has 1 heterocycles. The zero-order valence-corrected chi connectivity index (χ0v) is 10.1. The summed E-state index contributed by atoms with van der Waals surface area (Å²) in [6.45, 7) is 2.08. The molecule has 17 heavy (non-hydrogen) atoms. The summed E-state index contributed by atoms with van der Waals surface area (Å²) in [5, 5.41) is 5.81. The predicted molar refractivity (Wildman–Crippen MR) is 67.4 cm³/mol. The van der Waals surface area contributed by atoms with Crippen molar-refractivity contribution in [2.75, 3.05) is 12.1 Å². The van der Waals surface area contributed by atoms with Crippen LogP contribution in [0.5, 0.6) is 5.75 Å². The lowest BCUT2D eigenvalue weighted by molar-refractivity contribution is -0.116. The van der Waals surface area contributed by atoms with Crippen LogP contribution in [0, 0.1) is 0 Å². The van der Waals surface area contributed by atoms with Crippen LogP contribution in [0.25, 0.3) is 0 Å². The molecule has 0 aromatic heterocycles.